The van der Waals surface area contributed by atoms with Crippen LogP contribution >= 0.6 is 11.3 Å². The van der Waals surface area contributed by atoms with Gasteiger partial charge in [0, 0.05) is 25.0 Å². The first kappa shape index (κ1) is 18.0. The van der Waals surface area contributed by atoms with Crippen molar-refractivity contribution in [2.24, 2.45) is 0 Å². The first-order chi connectivity index (χ1) is 13.8. The molecule has 8 heteroatoms. The Hall–Kier alpha value is -2.03. The molecule has 2 N–H and O–H groups in total. The third-order valence-corrected chi connectivity index (χ3v) is 6.67. The topological polar surface area (TPSA) is 83.4 Å². The van der Waals surface area contributed by atoms with E-state index in [1.165, 1.54) is 29.4 Å². The Bertz CT molecular complexity index is 1030. The number of aryl methyl sites for hydroxylation is 2. The number of pyridine rings is 1. The lowest BCUT2D eigenvalue weighted by Gasteiger charge is -2.31. The Morgan fingerprint density at radius 1 is 1.11 bits per heavy atom. The van der Waals surface area contributed by atoms with Crippen molar-refractivity contribution in [2.75, 3.05) is 49.7 Å². The van der Waals surface area contributed by atoms with Crippen molar-refractivity contribution in [2.45, 2.75) is 32.6 Å². The summed E-state index contributed by atoms with van der Waals surface area (Å²) in [6, 6.07) is 0. The van der Waals surface area contributed by atoms with E-state index in [1.54, 1.807) is 11.3 Å². The van der Waals surface area contributed by atoms with Crippen LogP contribution in [0.1, 0.15) is 29.8 Å². The summed E-state index contributed by atoms with van der Waals surface area (Å²) >= 11 is 1.66. The summed E-state index contributed by atoms with van der Waals surface area (Å²) in [4.78, 5) is 18.0. The van der Waals surface area contributed by atoms with Crippen LogP contribution in [0.3, 0.4) is 0 Å². The molecule has 0 atom stereocenters. The van der Waals surface area contributed by atoms with Crippen molar-refractivity contribution in [1.29, 1.82) is 0 Å². The standard InChI is InChI=1S/C20H25N5O2S/c1-12-22-16-15-13-4-2-3-5-14(13)19(25-7-10-27-11-8-25)24-20(15)28-17(16)18(23-12)21-6-9-26/h26H,2-11H2,1H3,(H,21,22,23). The normalized spacial score (nSPS) is 17.3. The maximum Gasteiger partial charge on any atom is 0.147 e. The number of ether oxygens (including phenoxy) is 1. The highest BCUT2D eigenvalue weighted by Gasteiger charge is 2.26. The molecule has 2 aliphatic rings. The van der Waals surface area contributed by atoms with E-state index in [4.69, 9.17) is 14.7 Å². The highest BCUT2D eigenvalue weighted by molar-refractivity contribution is 7.26. The molecule has 3 aromatic heterocycles. The van der Waals surface area contributed by atoms with E-state index in [9.17, 15) is 5.11 Å². The average molecular weight is 400 g/mol. The molecule has 7 nitrogen and oxygen atoms in total. The molecule has 4 heterocycles. The number of nitrogens with zero attached hydrogens (tertiary/aromatic N) is 4. The summed E-state index contributed by atoms with van der Waals surface area (Å²) in [6.07, 6.45) is 4.60. The number of nitrogens with one attached hydrogen (secondary N) is 1. The second kappa shape index (κ2) is 7.42. The minimum absolute atomic E-state index is 0.0737. The molecular formula is C20H25N5O2S. The van der Waals surface area contributed by atoms with Crippen molar-refractivity contribution >= 4 is 43.4 Å². The number of morpholine rings is 1. The van der Waals surface area contributed by atoms with Crippen molar-refractivity contribution in [3.63, 3.8) is 0 Å². The monoisotopic (exact) mass is 399 g/mol. The zero-order chi connectivity index (χ0) is 19.1. The molecule has 28 heavy (non-hydrogen) atoms. The van der Waals surface area contributed by atoms with Gasteiger partial charge in [0.25, 0.3) is 0 Å². The predicted molar refractivity (Wildman–Crippen MR) is 113 cm³/mol. The van der Waals surface area contributed by atoms with Crippen LogP contribution in [0, 0.1) is 6.92 Å². The van der Waals surface area contributed by atoms with Gasteiger partial charge in [0.15, 0.2) is 0 Å². The molecule has 5 rings (SSSR count). The van der Waals surface area contributed by atoms with E-state index in [0.717, 1.165) is 71.7 Å². The number of aliphatic hydroxyl groups excluding tert-OH is 1. The summed E-state index contributed by atoms with van der Waals surface area (Å²) in [5.41, 5.74) is 3.84. The van der Waals surface area contributed by atoms with Crippen molar-refractivity contribution in [3.05, 3.63) is 17.0 Å². The first-order valence-corrected chi connectivity index (χ1v) is 10.9. The summed E-state index contributed by atoms with van der Waals surface area (Å²) in [7, 11) is 0. The van der Waals surface area contributed by atoms with Gasteiger partial charge in [-0.2, -0.15) is 0 Å². The first-order valence-electron chi connectivity index (χ1n) is 10.1. The number of anilines is 2. The number of thiophene rings is 1. The highest BCUT2D eigenvalue weighted by Crippen LogP contribution is 2.42. The molecule has 0 spiro atoms. The zero-order valence-electron chi connectivity index (χ0n) is 16.1. The molecule has 148 valence electrons. The summed E-state index contributed by atoms with van der Waals surface area (Å²) in [5, 5.41) is 13.7. The fourth-order valence-corrected chi connectivity index (χ4v) is 5.46. The predicted octanol–water partition coefficient (Wildman–Crippen LogP) is 2.67. The van der Waals surface area contributed by atoms with Crippen molar-refractivity contribution in [1.82, 2.24) is 15.0 Å². The molecular weight excluding hydrogens is 374 g/mol. The number of rotatable bonds is 4. The summed E-state index contributed by atoms with van der Waals surface area (Å²) < 4.78 is 6.59. The van der Waals surface area contributed by atoms with E-state index in [-0.39, 0.29) is 6.61 Å². The second-order valence-electron chi connectivity index (χ2n) is 7.43. The lowest BCUT2D eigenvalue weighted by molar-refractivity contribution is 0.122. The van der Waals surface area contributed by atoms with Gasteiger partial charge in [-0.1, -0.05) is 0 Å². The molecule has 1 saturated heterocycles. The van der Waals surface area contributed by atoms with Crippen LogP contribution in [0.15, 0.2) is 0 Å². The molecule has 1 fully saturated rings. The number of aliphatic hydroxyl groups is 1. The van der Waals surface area contributed by atoms with E-state index in [2.05, 4.69) is 15.2 Å². The third-order valence-electron chi connectivity index (χ3n) is 5.59. The van der Waals surface area contributed by atoms with E-state index in [0.29, 0.717) is 6.54 Å². The molecule has 0 radical (unpaired) electrons. The fraction of sp³-hybridized carbons (Fsp3) is 0.550. The lowest BCUT2D eigenvalue weighted by Crippen LogP contribution is -2.37. The molecule has 3 aromatic rings. The van der Waals surface area contributed by atoms with Crippen LogP contribution in [0.2, 0.25) is 0 Å². The SMILES string of the molecule is Cc1nc(NCCO)c2sc3nc(N4CCOCC4)c4c(c3c2n1)CCCC4. The smallest absolute Gasteiger partial charge is 0.147 e. The Balaban J connectivity index is 1.75. The lowest BCUT2D eigenvalue weighted by atomic mass is 9.90. The van der Waals surface area contributed by atoms with Crippen LogP contribution in [0.25, 0.3) is 20.4 Å². The van der Waals surface area contributed by atoms with Gasteiger partial charge >= 0.3 is 0 Å². The van der Waals surface area contributed by atoms with E-state index < -0.39 is 0 Å². The summed E-state index contributed by atoms with van der Waals surface area (Å²) in [5.74, 6) is 2.69. The molecule has 0 unspecified atom stereocenters. The van der Waals surface area contributed by atoms with Gasteiger partial charge in [-0.25, -0.2) is 15.0 Å². The van der Waals surface area contributed by atoms with Gasteiger partial charge in [0.2, 0.25) is 0 Å². The Morgan fingerprint density at radius 2 is 1.89 bits per heavy atom. The Morgan fingerprint density at radius 3 is 2.68 bits per heavy atom. The zero-order valence-corrected chi connectivity index (χ0v) is 16.9. The Labute approximate surface area is 167 Å². The number of fused-ring (bicyclic) bond motifs is 5. The largest absolute Gasteiger partial charge is 0.395 e. The van der Waals surface area contributed by atoms with Gasteiger partial charge in [0.05, 0.1) is 30.0 Å². The van der Waals surface area contributed by atoms with Crippen LogP contribution in [0.4, 0.5) is 11.6 Å². The summed E-state index contributed by atoms with van der Waals surface area (Å²) in [6.45, 7) is 5.81. The van der Waals surface area contributed by atoms with Crippen molar-refractivity contribution in [3.8, 4) is 0 Å². The Kier molecular flexibility index (Phi) is 4.78. The minimum atomic E-state index is 0.0737. The van der Waals surface area contributed by atoms with Gasteiger partial charge in [0.1, 0.15) is 22.3 Å². The third kappa shape index (κ3) is 3.00. The molecule has 1 aliphatic carbocycles. The molecule has 0 amide bonds. The average Bonchev–Trinajstić information content (AvgIpc) is 3.10. The van der Waals surface area contributed by atoms with E-state index in [1.807, 2.05) is 6.92 Å². The highest BCUT2D eigenvalue weighted by atomic mass is 32.1. The second-order valence-corrected chi connectivity index (χ2v) is 8.43. The van der Waals surface area contributed by atoms with Gasteiger partial charge < -0.3 is 20.1 Å². The molecule has 0 aromatic carbocycles. The number of hydrogen-bond acceptors (Lipinski definition) is 8. The maximum atomic E-state index is 9.22. The van der Waals surface area contributed by atoms with Crippen LogP contribution in [0.5, 0.6) is 0 Å². The van der Waals surface area contributed by atoms with Crippen molar-refractivity contribution < 1.29 is 9.84 Å². The van der Waals surface area contributed by atoms with Crippen LogP contribution < -0.4 is 10.2 Å². The number of hydrogen-bond donors (Lipinski definition) is 2. The molecule has 0 bridgehead atoms. The van der Waals surface area contributed by atoms with Gasteiger partial charge in [-0.15, -0.1) is 11.3 Å². The maximum absolute atomic E-state index is 9.22. The van der Waals surface area contributed by atoms with E-state index >= 15 is 0 Å². The van der Waals surface area contributed by atoms with Crippen LogP contribution in [-0.4, -0.2) is 59.5 Å². The van der Waals surface area contributed by atoms with Gasteiger partial charge in [-0.05, 0) is 43.7 Å². The quantitative estimate of drug-likeness (QED) is 0.698. The molecule has 0 saturated carbocycles. The van der Waals surface area contributed by atoms with Gasteiger partial charge in [-0.3, -0.25) is 0 Å². The fourth-order valence-electron chi connectivity index (χ4n) is 4.35. The molecule has 1 aliphatic heterocycles. The number of aromatic nitrogens is 3. The van der Waals surface area contributed by atoms with Crippen LogP contribution in [-0.2, 0) is 17.6 Å². The minimum Gasteiger partial charge on any atom is -0.395 e.